The number of para-hydroxylation sites is 1. The molecule has 0 atom stereocenters. The molecule has 2 aromatic carbocycles. The van der Waals surface area contributed by atoms with Gasteiger partial charge in [0.05, 0.1) is 35.0 Å². The van der Waals surface area contributed by atoms with Crippen LogP contribution in [0.15, 0.2) is 48.5 Å². The molecule has 28 heavy (non-hydrogen) atoms. The molecule has 0 amide bonds. The Morgan fingerprint density at radius 1 is 1.11 bits per heavy atom. The number of hydrogen-bond acceptors (Lipinski definition) is 6. The van der Waals surface area contributed by atoms with Gasteiger partial charge in [-0.05, 0) is 42.8 Å². The van der Waals surface area contributed by atoms with Crippen LogP contribution in [0, 0.1) is 18.3 Å². The van der Waals surface area contributed by atoms with Crippen LogP contribution in [0.1, 0.15) is 27.2 Å². The normalized spacial score (nSPS) is 10.5. The van der Waals surface area contributed by atoms with E-state index in [0.717, 1.165) is 16.5 Å². The fourth-order valence-electron chi connectivity index (χ4n) is 2.94. The molecule has 0 spiro atoms. The molecule has 0 saturated heterocycles. The summed E-state index contributed by atoms with van der Waals surface area (Å²) >= 11 is 0. The van der Waals surface area contributed by atoms with Crippen molar-refractivity contribution >= 4 is 16.9 Å². The van der Waals surface area contributed by atoms with E-state index in [1.165, 1.54) is 0 Å². The number of hydrogen-bond donors (Lipinski definition) is 0. The highest BCUT2D eigenvalue weighted by Gasteiger charge is 2.20. The van der Waals surface area contributed by atoms with Crippen LogP contribution in [0.3, 0.4) is 0 Å². The Balaban J connectivity index is 1.69. The Kier molecular flexibility index (Phi) is 6.20. The molecule has 0 bridgehead atoms. The van der Waals surface area contributed by atoms with Gasteiger partial charge in [-0.1, -0.05) is 18.2 Å². The first-order valence-electron chi connectivity index (χ1n) is 8.81. The third-order valence-corrected chi connectivity index (χ3v) is 4.28. The summed E-state index contributed by atoms with van der Waals surface area (Å²) in [7, 11) is 1.56. The Bertz CT molecular complexity index is 1020. The third kappa shape index (κ3) is 4.27. The Hall–Kier alpha value is -3.43. The van der Waals surface area contributed by atoms with Gasteiger partial charge in [0.25, 0.3) is 0 Å². The molecule has 0 aliphatic heterocycles. The number of nitriles is 1. The van der Waals surface area contributed by atoms with Crippen LogP contribution in [0.2, 0.25) is 0 Å². The summed E-state index contributed by atoms with van der Waals surface area (Å²) in [6.45, 7) is 2.40. The maximum Gasteiger partial charge on any atom is 0.340 e. The van der Waals surface area contributed by atoms with Crippen LogP contribution in [0.5, 0.6) is 5.75 Å². The van der Waals surface area contributed by atoms with Crippen molar-refractivity contribution in [3.63, 3.8) is 0 Å². The van der Waals surface area contributed by atoms with E-state index in [-0.39, 0.29) is 19.8 Å². The van der Waals surface area contributed by atoms with Crippen molar-refractivity contribution in [2.45, 2.75) is 13.5 Å². The zero-order chi connectivity index (χ0) is 19.9. The zero-order valence-corrected chi connectivity index (χ0v) is 15.8. The first kappa shape index (κ1) is 19.3. The number of aryl methyl sites for hydroxylation is 1. The minimum Gasteiger partial charge on any atom is -0.490 e. The number of pyridine rings is 1. The Labute approximate surface area is 163 Å². The minimum atomic E-state index is -0.453. The molecule has 6 nitrogen and oxygen atoms in total. The highest BCUT2D eigenvalue weighted by atomic mass is 16.6. The summed E-state index contributed by atoms with van der Waals surface area (Å²) in [4.78, 5) is 17.2. The number of methoxy groups -OCH3 is 1. The molecule has 0 N–H and O–H groups in total. The molecule has 6 heteroatoms. The molecule has 1 aromatic heterocycles. The number of carbonyl (C=O) groups excluding carboxylic acids is 1. The maximum absolute atomic E-state index is 12.7. The second-order valence-electron chi connectivity index (χ2n) is 6.13. The van der Waals surface area contributed by atoms with Gasteiger partial charge in [0.15, 0.2) is 0 Å². The fourth-order valence-corrected chi connectivity index (χ4v) is 2.94. The van der Waals surface area contributed by atoms with Crippen molar-refractivity contribution in [2.75, 3.05) is 20.3 Å². The number of nitrogens with zero attached hydrogens (tertiary/aromatic N) is 2. The molecule has 3 rings (SSSR count). The van der Waals surface area contributed by atoms with Gasteiger partial charge in [-0.25, -0.2) is 9.78 Å². The van der Waals surface area contributed by atoms with Gasteiger partial charge in [-0.3, -0.25) is 0 Å². The van der Waals surface area contributed by atoms with Gasteiger partial charge in [0, 0.05) is 12.5 Å². The van der Waals surface area contributed by atoms with Crippen molar-refractivity contribution in [3.05, 3.63) is 70.9 Å². The monoisotopic (exact) mass is 376 g/mol. The first-order valence-corrected chi connectivity index (χ1v) is 8.81. The summed E-state index contributed by atoms with van der Waals surface area (Å²) in [5.41, 5.74) is 3.17. The van der Waals surface area contributed by atoms with E-state index in [1.807, 2.05) is 37.3 Å². The summed E-state index contributed by atoms with van der Waals surface area (Å²) in [6.07, 6.45) is 0. The number of fused-ring (bicyclic) bond motifs is 1. The van der Waals surface area contributed by atoms with Crippen molar-refractivity contribution in [1.29, 1.82) is 5.26 Å². The molecular formula is C22H20N2O4. The van der Waals surface area contributed by atoms with Crippen LogP contribution in [0.25, 0.3) is 10.9 Å². The van der Waals surface area contributed by atoms with Crippen LogP contribution < -0.4 is 4.74 Å². The lowest BCUT2D eigenvalue weighted by Gasteiger charge is -2.14. The minimum absolute atomic E-state index is 0.0948. The van der Waals surface area contributed by atoms with Gasteiger partial charge in [-0.2, -0.15) is 5.26 Å². The predicted molar refractivity (Wildman–Crippen MR) is 104 cm³/mol. The molecule has 0 saturated carbocycles. The topological polar surface area (TPSA) is 81.4 Å². The summed E-state index contributed by atoms with van der Waals surface area (Å²) in [6, 6.07) is 16.4. The molecule has 0 aliphatic rings. The van der Waals surface area contributed by atoms with Crippen LogP contribution in [0.4, 0.5) is 0 Å². The lowest BCUT2D eigenvalue weighted by atomic mass is 10.0. The maximum atomic E-state index is 12.7. The molecule has 1 heterocycles. The summed E-state index contributed by atoms with van der Waals surface area (Å²) in [5.74, 6) is 0.157. The van der Waals surface area contributed by atoms with Crippen LogP contribution >= 0.6 is 0 Å². The van der Waals surface area contributed by atoms with Gasteiger partial charge in [0.2, 0.25) is 0 Å². The highest BCUT2D eigenvalue weighted by Crippen LogP contribution is 2.24. The number of aromatic nitrogens is 1. The molecule has 0 radical (unpaired) electrons. The highest BCUT2D eigenvalue weighted by molar-refractivity contribution is 5.98. The van der Waals surface area contributed by atoms with Crippen molar-refractivity contribution < 1.29 is 19.0 Å². The van der Waals surface area contributed by atoms with Gasteiger partial charge in [-0.15, -0.1) is 0 Å². The van der Waals surface area contributed by atoms with E-state index in [1.54, 1.807) is 31.4 Å². The standard InChI is InChI=1S/C22H20N2O4/c1-15-18-5-3-4-6-19(18)24-20(14-26-2)21(15)22(25)28-12-11-27-17-9-7-16(13-23)8-10-17/h3-10H,11-12,14H2,1-2H3. The number of ether oxygens (including phenoxy) is 3. The van der Waals surface area contributed by atoms with E-state index in [2.05, 4.69) is 4.98 Å². The molecule has 0 aliphatic carbocycles. The molecular weight excluding hydrogens is 356 g/mol. The van der Waals surface area contributed by atoms with Gasteiger partial charge in [0.1, 0.15) is 19.0 Å². The average Bonchev–Trinajstić information content (AvgIpc) is 2.72. The number of benzene rings is 2. The molecule has 142 valence electrons. The second-order valence-corrected chi connectivity index (χ2v) is 6.13. The second kappa shape index (κ2) is 8.98. The van der Waals surface area contributed by atoms with E-state index in [9.17, 15) is 4.79 Å². The van der Waals surface area contributed by atoms with E-state index >= 15 is 0 Å². The fraction of sp³-hybridized carbons (Fsp3) is 0.227. The molecule has 3 aromatic rings. The van der Waals surface area contributed by atoms with E-state index in [0.29, 0.717) is 22.6 Å². The molecule has 0 fully saturated rings. The van der Waals surface area contributed by atoms with Crippen molar-refractivity contribution in [1.82, 2.24) is 4.98 Å². The van der Waals surface area contributed by atoms with Gasteiger partial charge < -0.3 is 14.2 Å². The SMILES string of the molecule is COCc1nc2ccccc2c(C)c1C(=O)OCCOc1ccc(C#N)cc1. The number of esters is 1. The van der Waals surface area contributed by atoms with Gasteiger partial charge >= 0.3 is 5.97 Å². The smallest absolute Gasteiger partial charge is 0.340 e. The Morgan fingerprint density at radius 3 is 2.57 bits per heavy atom. The number of carbonyl (C=O) groups is 1. The zero-order valence-electron chi connectivity index (χ0n) is 15.8. The van der Waals surface area contributed by atoms with Crippen LogP contribution in [-0.2, 0) is 16.1 Å². The van der Waals surface area contributed by atoms with E-state index in [4.69, 9.17) is 19.5 Å². The summed E-state index contributed by atoms with van der Waals surface area (Å²) in [5, 5.41) is 9.70. The summed E-state index contributed by atoms with van der Waals surface area (Å²) < 4.78 is 16.1. The predicted octanol–water partition coefficient (Wildman–Crippen LogP) is 3.80. The largest absolute Gasteiger partial charge is 0.490 e. The average molecular weight is 376 g/mol. The Morgan fingerprint density at radius 2 is 1.86 bits per heavy atom. The lowest BCUT2D eigenvalue weighted by molar-refractivity contribution is 0.0444. The molecule has 0 unspecified atom stereocenters. The quantitative estimate of drug-likeness (QED) is 0.461. The van der Waals surface area contributed by atoms with Crippen molar-refractivity contribution in [3.8, 4) is 11.8 Å². The van der Waals surface area contributed by atoms with E-state index < -0.39 is 5.97 Å². The third-order valence-electron chi connectivity index (χ3n) is 4.28. The van der Waals surface area contributed by atoms with Crippen LogP contribution in [-0.4, -0.2) is 31.3 Å². The number of rotatable bonds is 7. The first-order chi connectivity index (χ1) is 13.6. The lowest BCUT2D eigenvalue weighted by Crippen LogP contribution is -2.16. The van der Waals surface area contributed by atoms with Crippen molar-refractivity contribution in [2.24, 2.45) is 0 Å².